The number of alkyl halides is 5. The number of nitrogens with one attached hydrogen (secondary N) is 2. The molecule has 0 fully saturated rings. The molecule has 2 amide bonds. The molecule has 2 aromatic carbocycles. The number of nitrogens with zero attached hydrogens (tertiary/aromatic N) is 3. The number of hydrogen-bond acceptors (Lipinski definition) is 3. The predicted octanol–water partition coefficient (Wildman–Crippen LogP) is 3.43. The van der Waals surface area contributed by atoms with Gasteiger partial charge in [-0.1, -0.05) is 0 Å². The number of fused-ring (bicyclic) bond motifs is 3. The molecule has 2 N–H and O–H groups in total. The lowest BCUT2D eigenvalue weighted by Crippen LogP contribution is -2.26. The molecule has 0 spiro atoms. The van der Waals surface area contributed by atoms with E-state index in [1.165, 1.54) is 22.2 Å². The lowest BCUT2D eigenvalue weighted by molar-refractivity contribution is -0.137. The highest BCUT2D eigenvalue weighted by molar-refractivity contribution is 6.13. The zero-order valence-corrected chi connectivity index (χ0v) is 17.7. The van der Waals surface area contributed by atoms with Gasteiger partial charge in [0.15, 0.2) is 0 Å². The Morgan fingerprint density at radius 1 is 1.24 bits per heavy atom. The van der Waals surface area contributed by atoms with Gasteiger partial charge in [-0.25, -0.2) is 13.2 Å². The molecular formula is C21H17F6N5O2. The fourth-order valence-electron chi connectivity index (χ4n) is 4.10. The average Bonchev–Trinajstić information content (AvgIpc) is 3.24. The molecule has 0 unspecified atom stereocenters. The van der Waals surface area contributed by atoms with Gasteiger partial charge in [-0.05, 0) is 24.3 Å². The summed E-state index contributed by atoms with van der Waals surface area (Å²) in [6, 6.07) is 2.73. The van der Waals surface area contributed by atoms with Crippen LogP contribution in [0.25, 0.3) is 11.0 Å². The highest BCUT2D eigenvalue weighted by Gasteiger charge is 2.33. The van der Waals surface area contributed by atoms with Crippen LogP contribution < -0.4 is 16.3 Å². The van der Waals surface area contributed by atoms with E-state index >= 15 is 0 Å². The molecule has 0 aliphatic carbocycles. The SMILES string of the molecule is CN=c1n(C)c2c3c(c(NC(=O)c4cc(F)cc(C(F)(F)F)c4)cc2n1CC(F)F)CNC3=O. The average molecular weight is 485 g/mol. The molecule has 1 aliphatic rings. The minimum Gasteiger partial charge on any atom is -0.348 e. The lowest BCUT2D eigenvalue weighted by Gasteiger charge is -2.13. The van der Waals surface area contributed by atoms with Crippen molar-refractivity contribution >= 4 is 28.5 Å². The monoisotopic (exact) mass is 485 g/mol. The number of carbonyl (C=O) groups is 2. The van der Waals surface area contributed by atoms with Crippen molar-refractivity contribution in [2.75, 3.05) is 12.4 Å². The van der Waals surface area contributed by atoms with Crippen molar-refractivity contribution in [1.82, 2.24) is 14.5 Å². The number of amides is 2. The first kappa shape index (κ1) is 23.4. The number of rotatable bonds is 4. The van der Waals surface area contributed by atoms with Gasteiger partial charge in [0, 0.05) is 37.5 Å². The van der Waals surface area contributed by atoms with Gasteiger partial charge in [-0.3, -0.25) is 14.6 Å². The smallest absolute Gasteiger partial charge is 0.348 e. The number of hydrogen-bond donors (Lipinski definition) is 2. The van der Waals surface area contributed by atoms with Crippen LogP contribution in [0.3, 0.4) is 0 Å². The molecule has 0 bridgehead atoms. The second-order valence-corrected chi connectivity index (χ2v) is 7.59. The topological polar surface area (TPSA) is 80.4 Å². The Morgan fingerprint density at radius 2 is 1.94 bits per heavy atom. The number of aromatic nitrogens is 2. The van der Waals surface area contributed by atoms with Crippen LogP contribution in [0.4, 0.5) is 32.0 Å². The summed E-state index contributed by atoms with van der Waals surface area (Å²) >= 11 is 0. The summed E-state index contributed by atoms with van der Waals surface area (Å²) in [6.07, 6.45) is -7.64. The number of aryl methyl sites for hydroxylation is 1. The zero-order chi connectivity index (χ0) is 24.9. The summed E-state index contributed by atoms with van der Waals surface area (Å²) in [5.41, 5.74) is -0.910. The Labute approximate surface area is 187 Å². The van der Waals surface area contributed by atoms with E-state index in [0.29, 0.717) is 23.2 Å². The quantitative estimate of drug-likeness (QED) is 0.556. The van der Waals surface area contributed by atoms with Crippen LogP contribution in [-0.4, -0.2) is 34.4 Å². The molecule has 4 rings (SSSR count). The molecule has 0 saturated carbocycles. The predicted molar refractivity (Wildman–Crippen MR) is 109 cm³/mol. The fraction of sp³-hybridized carbons (Fsp3) is 0.286. The molecule has 13 heteroatoms. The van der Waals surface area contributed by atoms with Crippen LogP contribution in [-0.2, 0) is 26.3 Å². The largest absolute Gasteiger partial charge is 0.416 e. The fourth-order valence-corrected chi connectivity index (χ4v) is 4.10. The molecule has 34 heavy (non-hydrogen) atoms. The second kappa shape index (κ2) is 8.22. The van der Waals surface area contributed by atoms with Gasteiger partial charge in [0.2, 0.25) is 5.62 Å². The highest BCUT2D eigenvalue weighted by atomic mass is 19.4. The standard InChI is InChI=1S/C21H17F6N5O2/c1-28-20-31(2)17-14(32(20)8-15(23)24)6-13(12-7-29-19(34)16(12)17)30-18(33)9-3-10(21(25,26)27)5-11(22)4-9/h3-6,15H,7-8H2,1-2H3,(H,29,34)(H,30,33). The zero-order valence-electron chi connectivity index (χ0n) is 17.7. The summed E-state index contributed by atoms with van der Waals surface area (Å²) in [4.78, 5) is 29.3. The third-order valence-electron chi connectivity index (χ3n) is 5.46. The maximum atomic E-state index is 13.8. The van der Waals surface area contributed by atoms with Gasteiger partial charge in [-0.2, -0.15) is 13.2 Å². The van der Waals surface area contributed by atoms with E-state index in [0.717, 1.165) is 0 Å². The summed E-state index contributed by atoms with van der Waals surface area (Å²) in [5, 5.41) is 4.98. The summed E-state index contributed by atoms with van der Waals surface area (Å²) in [6.45, 7) is -0.772. The number of halogens is 6. The molecule has 7 nitrogen and oxygen atoms in total. The first-order chi connectivity index (χ1) is 15.9. The Morgan fingerprint density at radius 3 is 2.56 bits per heavy atom. The van der Waals surface area contributed by atoms with E-state index in [2.05, 4.69) is 15.6 Å². The van der Waals surface area contributed by atoms with Crippen LogP contribution in [0, 0.1) is 5.82 Å². The van der Waals surface area contributed by atoms with Gasteiger partial charge in [0.25, 0.3) is 18.2 Å². The Kier molecular flexibility index (Phi) is 5.66. The first-order valence-electron chi connectivity index (χ1n) is 9.85. The Bertz CT molecular complexity index is 1400. The van der Waals surface area contributed by atoms with Crippen LogP contribution in [0.15, 0.2) is 29.3 Å². The van der Waals surface area contributed by atoms with Crippen molar-refractivity contribution < 1.29 is 35.9 Å². The van der Waals surface area contributed by atoms with Crippen molar-refractivity contribution in [3.05, 3.63) is 58.0 Å². The molecular weight excluding hydrogens is 468 g/mol. The van der Waals surface area contributed by atoms with Gasteiger partial charge in [0.1, 0.15) is 5.82 Å². The second-order valence-electron chi connectivity index (χ2n) is 7.59. The van der Waals surface area contributed by atoms with E-state index < -0.39 is 47.9 Å². The third kappa shape index (κ3) is 3.90. The van der Waals surface area contributed by atoms with Crippen LogP contribution in [0.2, 0.25) is 0 Å². The minimum atomic E-state index is -4.88. The summed E-state index contributed by atoms with van der Waals surface area (Å²) in [5.74, 6) is -2.85. The number of imidazole rings is 1. The molecule has 1 aromatic heterocycles. The molecule has 1 aliphatic heterocycles. The molecule has 3 aromatic rings. The van der Waals surface area contributed by atoms with Crippen LogP contribution >= 0.6 is 0 Å². The minimum absolute atomic E-state index is 0.0138. The summed E-state index contributed by atoms with van der Waals surface area (Å²) in [7, 11) is 2.93. The van der Waals surface area contributed by atoms with Gasteiger partial charge in [0.05, 0.1) is 28.7 Å². The van der Waals surface area contributed by atoms with Crippen molar-refractivity contribution in [3.63, 3.8) is 0 Å². The van der Waals surface area contributed by atoms with E-state index in [9.17, 15) is 35.9 Å². The number of anilines is 1. The lowest BCUT2D eigenvalue weighted by atomic mass is 10.0. The van der Waals surface area contributed by atoms with E-state index in [4.69, 9.17) is 0 Å². The van der Waals surface area contributed by atoms with E-state index in [-0.39, 0.29) is 35.0 Å². The van der Waals surface area contributed by atoms with Crippen molar-refractivity contribution in [3.8, 4) is 0 Å². The molecule has 0 saturated heterocycles. The third-order valence-corrected chi connectivity index (χ3v) is 5.46. The number of carbonyl (C=O) groups excluding carboxylic acids is 2. The number of benzene rings is 2. The maximum absolute atomic E-state index is 13.8. The van der Waals surface area contributed by atoms with Gasteiger partial charge < -0.3 is 19.8 Å². The van der Waals surface area contributed by atoms with E-state index in [1.807, 2.05) is 0 Å². The molecule has 0 radical (unpaired) electrons. The van der Waals surface area contributed by atoms with Crippen LogP contribution in [0.5, 0.6) is 0 Å². The maximum Gasteiger partial charge on any atom is 0.416 e. The van der Waals surface area contributed by atoms with Crippen LogP contribution in [0.1, 0.15) is 31.8 Å². The van der Waals surface area contributed by atoms with E-state index in [1.54, 1.807) is 7.05 Å². The van der Waals surface area contributed by atoms with Gasteiger partial charge >= 0.3 is 6.18 Å². The van der Waals surface area contributed by atoms with Crippen molar-refractivity contribution in [2.24, 2.45) is 12.0 Å². The van der Waals surface area contributed by atoms with Crippen molar-refractivity contribution in [2.45, 2.75) is 25.7 Å². The first-order valence-corrected chi connectivity index (χ1v) is 9.85. The highest BCUT2D eigenvalue weighted by Crippen LogP contribution is 2.34. The van der Waals surface area contributed by atoms with Gasteiger partial charge in [-0.15, -0.1) is 0 Å². The Hall–Kier alpha value is -3.77. The molecule has 0 atom stereocenters. The molecule has 2 heterocycles. The van der Waals surface area contributed by atoms with Crippen molar-refractivity contribution in [1.29, 1.82) is 0 Å². The summed E-state index contributed by atoms with van der Waals surface area (Å²) < 4.78 is 82.1. The Balaban J connectivity index is 1.89. The normalized spacial score (nSPS) is 14.1. The molecule has 180 valence electrons.